The van der Waals surface area contributed by atoms with E-state index in [0.29, 0.717) is 18.1 Å². The van der Waals surface area contributed by atoms with Crippen LogP contribution in [0.15, 0.2) is 24.4 Å². The van der Waals surface area contributed by atoms with Crippen molar-refractivity contribution in [1.29, 1.82) is 0 Å². The SMILES string of the molecule is C[C@@H](C/C=C/CC1CCC1)[C@@H](C)ONC(=O)c1cc2n(c1)CC(C)(CN1CCOCC1)OC2. The third-order valence-corrected chi connectivity index (χ3v) is 7.49. The van der Waals surface area contributed by atoms with E-state index in [2.05, 4.69) is 40.9 Å². The first-order valence-corrected chi connectivity index (χ1v) is 12.7. The third kappa shape index (κ3) is 6.69. The zero-order valence-corrected chi connectivity index (χ0v) is 20.6. The van der Waals surface area contributed by atoms with Crippen molar-refractivity contribution in [2.75, 3.05) is 32.8 Å². The molecule has 1 aromatic rings. The number of amides is 1. The first kappa shape index (κ1) is 24.5. The number of fused-ring (bicyclic) bond motifs is 1. The lowest BCUT2D eigenvalue weighted by Crippen LogP contribution is -2.50. The van der Waals surface area contributed by atoms with Gasteiger partial charge < -0.3 is 14.0 Å². The van der Waals surface area contributed by atoms with Gasteiger partial charge in [-0.25, -0.2) is 5.48 Å². The van der Waals surface area contributed by atoms with Crippen molar-refractivity contribution in [2.24, 2.45) is 11.8 Å². The molecule has 0 aromatic carbocycles. The van der Waals surface area contributed by atoms with Crippen LogP contribution in [0.1, 0.15) is 68.9 Å². The first-order chi connectivity index (χ1) is 15.9. The summed E-state index contributed by atoms with van der Waals surface area (Å²) >= 11 is 0. The lowest BCUT2D eigenvalue weighted by atomic mass is 9.83. The van der Waals surface area contributed by atoms with Crippen LogP contribution >= 0.6 is 0 Å². The fourth-order valence-electron chi connectivity index (χ4n) is 4.77. The number of nitrogens with one attached hydrogen (secondary N) is 1. The summed E-state index contributed by atoms with van der Waals surface area (Å²) in [4.78, 5) is 20.8. The van der Waals surface area contributed by atoms with Gasteiger partial charge in [0.1, 0.15) is 0 Å². The van der Waals surface area contributed by atoms with Gasteiger partial charge in [-0.2, -0.15) is 0 Å². The highest BCUT2D eigenvalue weighted by molar-refractivity contribution is 5.93. The lowest BCUT2D eigenvalue weighted by Gasteiger charge is -2.40. The molecule has 0 spiro atoms. The van der Waals surface area contributed by atoms with E-state index in [9.17, 15) is 4.79 Å². The number of rotatable bonds is 10. The van der Waals surface area contributed by atoms with Gasteiger partial charge in [-0.1, -0.05) is 38.3 Å². The Kier molecular flexibility index (Phi) is 8.28. The zero-order valence-electron chi connectivity index (χ0n) is 20.6. The molecule has 0 radical (unpaired) electrons. The van der Waals surface area contributed by atoms with Gasteiger partial charge in [-0.3, -0.25) is 14.5 Å². The van der Waals surface area contributed by atoms with Gasteiger partial charge in [0.25, 0.3) is 5.91 Å². The summed E-state index contributed by atoms with van der Waals surface area (Å²) in [6.07, 6.45) is 12.8. The number of carbonyl (C=O) groups is 1. The molecule has 7 heteroatoms. The number of ether oxygens (including phenoxy) is 2. The number of carbonyl (C=O) groups excluding carboxylic acids is 1. The maximum atomic E-state index is 12.7. The van der Waals surface area contributed by atoms with E-state index in [-0.39, 0.29) is 17.6 Å². The Hall–Kier alpha value is -1.67. The molecule has 2 aliphatic heterocycles. The Morgan fingerprint density at radius 3 is 2.82 bits per heavy atom. The highest BCUT2D eigenvalue weighted by Gasteiger charge is 2.34. The molecule has 2 fully saturated rings. The van der Waals surface area contributed by atoms with Crippen molar-refractivity contribution in [2.45, 2.75) is 77.7 Å². The van der Waals surface area contributed by atoms with E-state index < -0.39 is 0 Å². The number of morpholine rings is 1. The molecular formula is C26H41N3O4. The summed E-state index contributed by atoms with van der Waals surface area (Å²) in [5.41, 5.74) is 4.03. The molecule has 3 aliphatic rings. The average Bonchev–Trinajstić information content (AvgIpc) is 3.19. The summed E-state index contributed by atoms with van der Waals surface area (Å²) in [7, 11) is 0. The summed E-state index contributed by atoms with van der Waals surface area (Å²) < 4.78 is 13.8. The van der Waals surface area contributed by atoms with Crippen LogP contribution in [-0.2, 0) is 27.5 Å². The Morgan fingerprint density at radius 1 is 1.30 bits per heavy atom. The van der Waals surface area contributed by atoms with Gasteiger partial charge in [0.2, 0.25) is 0 Å². The van der Waals surface area contributed by atoms with Gasteiger partial charge >= 0.3 is 0 Å². The van der Waals surface area contributed by atoms with Crippen LogP contribution < -0.4 is 5.48 Å². The topological polar surface area (TPSA) is 65.0 Å². The summed E-state index contributed by atoms with van der Waals surface area (Å²) in [6.45, 7) is 11.9. The number of hydroxylamine groups is 1. The molecule has 33 heavy (non-hydrogen) atoms. The molecule has 0 bridgehead atoms. The second kappa shape index (κ2) is 11.2. The molecule has 3 heterocycles. The standard InChI is InChI=1S/C26H41N3O4/c1-20(7-4-5-8-22-9-6-10-22)21(2)33-27-25(30)23-15-24-17-32-26(3,19-29(24)16-23)18-28-11-13-31-14-12-28/h4-5,15-16,20-22H,6-14,17-19H2,1-3H3,(H,27,30)/b5-4+/t20-,21+,26?/m0/s1. The van der Waals surface area contributed by atoms with Crippen molar-refractivity contribution in [3.63, 3.8) is 0 Å². The second-order valence-corrected chi connectivity index (χ2v) is 10.4. The van der Waals surface area contributed by atoms with Gasteiger partial charge in [0.15, 0.2) is 0 Å². The number of hydrogen-bond donors (Lipinski definition) is 1. The molecule has 4 rings (SSSR count). The molecule has 1 aromatic heterocycles. The molecule has 1 amide bonds. The Morgan fingerprint density at radius 2 is 2.09 bits per heavy atom. The Labute approximate surface area is 198 Å². The van der Waals surface area contributed by atoms with Crippen LogP contribution in [-0.4, -0.2) is 59.9 Å². The maximum Gasteiger partial charge on any atom is 0.276 e. The van der Waals surface area contributed by atoms with E-state index in [1.54, 1.807) is 0 Å². The van der Waals surface area contributed by atoms with Crippen LogP contribution in [0.5, 0.6) is 0 Å². The fourth-order valence-corrected chi connectivity index (χ4v) is 4.77. The average molecular weight is 460 g/mol. The minimum absolute atomic E-state index is 0.0558. The number of aromatic nitrogens is 1. The van der Waals surface area contributed by atoms with Crippen molar-refractivity contribution in [1.82, 2.24) is 14.9 Å². The van der Waals surface area contributed by atoms with Gasteiger partial charge in [0, 0.05) is 31.5 Å². The van der Waals surface area contributed by atoms with Crippen LogP contribution in [0.3, 0.4) is 0 Å². The molecular weight excluding hydrogens is 418 g/mol. The van der Waals surface area contributed by atoms with Crippen molar-refractivity contribution in [3.8, 4) is 0 Å². The predicted octanol–water partition coefficient (Wildman–Crippen LogP) is 3.93. The summed E-state index contributed by atoms with van der Waals surface area (Å²) in [5.74, 6) is 1.03. The van der Waals surface area contributed by atoms with E-state index in [1.807, 2.05) is 19.2 Å². The quantitative estimate of drug-likeness (QED) is 0.424. The van der Waals surface area contributed by atoms with Gasteiger partial charge in [-0.15, -0.1) is 0 Å². The highest BCUT2D eigenvalue weighted by atomic mass is 16.7. The predicted molar refractivity (Wildman–Crippen MR) is 128 cm³/mol. The molecule has 1 N–H and O–H groups in total. The lowest BCUT2D eigenvalue weighted by molar-refractivity contribution is -0.103. The van der Waals surface area contributed by atoms with E-state index in [1.165, 1.54) is 25.7 Å². The third-order valence-electron chi connectivity index (χ3n) is 7.49. The van der Waals surface area contributed by atoms with Gasteiger partial charge in [-0.05, 0) is 44.6 Å². The summed E-state index contributed by atoms with van der Waals surface area (Å²) in [6, 6.07) is 1.91. The highest BCUT2D eigenvalue weighted by Crippen LogP contribution is 2.30. The monoisotopic (exact) mass is 459 g/mol. The fraction of sp³-hybridized carbons (Fsp3) is 0.731. The summed E-state index contributed by atoms with van der Waals surface area (Å²) in [5, 5.41) is 0. The molecule has 1 unspecified atom stereocenters. The smallest absolute Gasteiger partial charge is 0.276 e. The van der Waals surface area contributed by atoms with Crippen LogP contribution in [0.25, 0.3) is 0 Å². The number of allylic oxidation sites excluding steroid dienone is 2. The van der Waals surface area contributed by atoms with E-state index >= 15 is 0 Å². The number of nitrogens with zero attached hydrogens (tertiary/aromatic N) is 2. The molecule has 3 atom stereocenters. The molecule has 1 saturated carbocycles. The Bertz CT molecular complexity index is 812. The minimum Gasteiger partial charge on any atom is -0.379 e. The van der Waals surface area contributed by atoms with Crippen LogP contribution in [0.2, 0.25) is 0 Å². The van der Waals surface area contributed by atoms with Crippen LogP contribution in [0.4, 0.5) is 0 Å². The van der Waals surface area contributed by atoms with Crippen LogP contribution in [0, 0.1) is 11.8 Å². The molecule has 184 valence electrons. The van der Waals surface area contributed by atoms with Gasteiger partial charge in [0.05, 0.1) is 43.6 Å². The zero-order chi connectivity index (χ0) is 23.3. The first-order valence-electron chi connectivity index (χ1n) is 12.7. The van der Waals surface area contributed by atoms with E-state index in [4.69, 9.17) is 14.3 Å². The Balaban J connectivity index is 1.22. The second-order valence-electron chi connectivity index (χ2n) is 10.4. The van der Waals surface area contributed by atoms with Crippen molar-refractivity contribution < 1.29 is 19.1 Å². The number of hydrogen-bond acceptors (Lipinski definition) is 5. The van der Waals surface area contributed by atoms with Crippen molar-refractivity contribution in [3.05, 3.63) is 35.7 Å². The molecule has 1 aliphatic carbocycles. The minimum atomic E-state index is -0.274. The largest absolute Gasteiger partial charge is 0.379 e. The van der Waals surface area contributed by atoms with Crippen molar-refractivity contribution >= 4 is 5.91 Å². The maximum absolute atomic E-state index is 12.7. The normalized spacial score (nSPS) is 26.0. The molecule has 7 nitrogen and oxygen atoms in total. The molecule has 1 saturated heterocycles. The van der Waals surface area contributed by atoms with E-state index in [0.717, 1.165) is 57.4 Å².